The van der Waals surface area contributed by atoms with Gasteiger partial charge in [0.2, 0.25) is 0 Å². The second kappa shape index (κ2) is 17.0. The Morgan fingerprint density at radius 3 is 1.42 bits per heavy atom. The second-order valence-corrected chi connectivity index (χ2v) is 14.6. The van der Waals surface area contributed by atoms with E-state index in [2.05, 4.69) is 245 Å². The van der Waals surface area contributed by atoms with Crippen LogP contribution in [0.15, 0.2) is 236 Å². The first-order chi connectivity index (χ1) is 29.3. The molecule has 1 heterocycles. The molecule has 0 amide bonds. The summed E-state index contributed by atoms with van der Waals surface area (Å²) in [5, 5.41) is 2.57. The molecule has 1 unspecified atom stereocenters. The van der Waals surface area contributed by atoms with Crippen LogP contribution < -0.4 is 9.80 Å². The summed E-state index contributed by atoms with van der Waals surface area (Å²) in [4.78, 5) is 4.66. The van der Waals surface area contributed by atoms with Crippen molar-refractivity contribution in [3.8, 4) is 16.8 Å². The number of fused-ring (bicyclic) bond motifs is 3. The SMILES string of the molecule is C1=CC(c2ccc3c(c2)c2ccccc2n3-c2ccccc2)CC=C1N(c1ccccc1)c1ccc(-c2ccc(N(c3ccccc3)c3ccccc3)cc2)cc1.CC. The summed E-state index contributed by atoms with van der Waals surface area (Å²) in [6, 6.07) is 76.1. The van der Waals surface area contributed by atoms with Crippen LogP contribution in [0.5, 0.6) is 0 Å². The molecule has 1 atom stereocenters. The lowest BCUT2D eigenvalue weighted by atomic mass is 9.90. The average Bonchev–Trinajstić information content (AvgIpc) is 3.66. The zero-order chi connectivity index (χ0) is 40.0. The summed E-state index contributed by atoms with van der Waals surface area (Å²) >= 11 is 0. The van der Waals surface area contributed by atoms with Gasteiger partial charge in [-0.05, 0) is 120 Å². The topological polar surface area (TPSA) is 11.4 Å². The second-order valence-electron chi connectivity index (χ2n) is 14.6. The van der Waals surface area contributed by atoms with Crippen molar-refractivity contribution in [3.63, 3.8) is 0 Å². The summed E-state index contributed by atoms with van der Waals surface area (Å²) in [5.41, 5.74) is 14.2. The molecule has 10 rings (SSSR count). The Kier molecular flexibility index (Phi) is 10.7. The van der Waals surface area contributed by atoms with Crippen LogP contribution >= 0.6 is 0 Å². The smallest absolute Gasteiger partial charge is 0.0541 e. The van der Waals surface area contributed by atoms with Crippen LogP contribution in [0.4, 0.5) is 28.4 Å². The van der Waals surface area contributed by atoms with Gasteiger partial charge in [0, 0.05) is 56.5 Å². The fraction of sp³-hybridized carbons (Fsp3) is 0.0714. The van der Waals surface area contributed by atoms with E-state index in [1.54, 1.807) is 0 Å². The first-order valence-corrected chi connectivity index (χ1v) is 20.7. The molecule has 0 saturated carbocycles. The van der Waals surface area contributed by atoms with Gasteiger partial charge in [-0.3, -0.25) is 0 Å². The van der Waals surface area contributed by atoms with Gasteiger partial charge in [0.15, 0.2) is 0 Å². The van der Waals surface area contributed by atoms with Gasteiger partial charge in [0.1, 0.15) is 0 Å². The molecule has 1 aliphatic rings. The van der Waals surface area contributed by atoms with Gasteiger partial charge in [0.25, 0.3) is 0 Å². The summed E-state index contributed by atoms with van der Waals surface area (Å²) in [5.74, 6) is 0.291. The number of aromatic nitrogens is 1. The highest BCUT2D eigenvalue weighted by Crippen LogP contribution is 2.40. The van der Waals surface area contributed by atoms with Gasteiger partial charge in [-0.1, -0.05) is 147 Å². The maximum Gasteiger partial charge on any atom is 0.0541 e. The molecule has 3 nitrogen and oxygen atoms in total. The summed E-state index contributed by atoms with van der Waals surface area (Å²) in [6.45, 7) is 4.00. The van der Waals surface area contributed by atoms with E-state index in [1.165, 1.54) is 49.9 Å². The predicted molar refractivity (Wildman–Crippen MR) is 252 cm³/mol. The third kappa shape index (κ3) is 7.47. The molecule has 0 saturated heterocycles. The normalized spacial score (nSPS) is 13.4. The molecule has 286 valence electrons. The van der Waals surface area contributed by atoms with E-state index in [9.17, 15) is 0 Å². The predicted octanol–water partition coefficient (Wildman–Crippen LogP) is 15.7. The van der Waals surface area contributed by atoms with Crippen molar-refractivity contribution in [1.29, 1.82) is 0 Å². The number of rotatable bonds is 9. The zero-order valence-corrected chi connectivity index (χ0v) is 33.6. The van der Waals surface area contributed by atoms with Crippen LogP contribution in [-0.2, 0) is 0 Å². The Bertz CT molecular complexity index is 2800. The molecule has 1 aromatic heterocycles. The average molecular weight is 762 g/mol. The molecule has 0 fully saturated rings. The van der Waals surface area contributed by atoms with Gasteiger partial charge >= 0.3 is 0 Å². The van der Waals surface area contributed by atoms with Crippen LogP contribution in [0, 0.1) is 0 Å². The molecular weight excluding hydrogens is 715 g/mol. The van der Waals surface area contributed by atoms with Crippen LogP contribution in [-0.4, -0.2) is 4.57 Å². The Balaban J connectivity index is 0.00000221. The third-order valence-corrected chi connectivity index (χ3v) is 11.1. The van der Waals surface area contributed by atoms with Crippen LogP contribution in [0.2, 0.25) is 0 Å². The molecule has 8 aromatic carbocycles. The van der Waals surface area contributed by atoms with E-state index in [-0.39, 0.29) is 0 Å². The lowest BCUT2D eigenvalue weighted by Gasteiger charge is -2.29. The van der Waals surface area contributed by atoms with E-state index < -0.39 is 0 Å². The number of benzene rings is 8. The minimum atomic E-state index is 0.291. The van der Waals surface area contributed by atoms with Crippen molar-refractivity contribution in [2.24, 2.45) is 0 Å². The van der Waals surface area contributed by atoms with Crippen molar-refractivity contribution >= 4 is 50.2 Å². The minimum absolute atomic E-state index is 0.291. The molecule has 9 aromatic rings. The lowest BCUT2D eigenvalue weighted by Crippen LogP contribution is -2.17. The van der Waals surface area contributed by atoms with Crippen molar-refractivity contribution in [2.75, 3.05) is 9.80 Å². The van der Waals surface area contributed by atoms with Crippen molar-refractivity contribution in [3.05, 3.63) is 242 Å². The van der Waals surface area contributed by atoms with Crippen LogP contribution in [0.25, 0.3) is 38.6 Å². The standard InChI is InChI=1S/C54H41N3.C2H6/c1-5-15-44(16-6-1)55(45-17-7-2-8-18-45)48-32-25-40(26-33-48)41-27-34-49(35-28-41)56(46-19-9-3-10-20-46)50-36-29-42(30-37-50)43-31-38-54-52(39-43)51-23-13-14-24-53(51)57(54)47-21-11-4-12-22-47;1-2/h1-29,31-39,42H,30H2;1-2H3. The zero-order valence-electron chi connectivity index (χ0n) is 33.6. The number of hydrogen-bond donors (Lipinski definition) is 0. The Labute approximate surface area is 348 Å². The fourth-order valence-corrected chi connectivity index (χ4v) is 8.33. The molecule has 0 radical (unpaired) electrons. The van der Waals surface area contributed by atoms with E-state index >= 15 is 0 Å². The summed E-state index contributed by atoms with van der Waals surface area (Å²) in [7, 11) is 0. The molecule has 0 N–H and O–H groups in total. The highest BCUT2D eigenvalue weighted by molar-refractivity contribution is 6.09. The molecule has 59 heavy (non-hydrogen) atoms. The summed E-state index contributed by atoms with van der Waals surface area (Å²) < 4.78 is 2.38. The van der Waals surface area contributed by atoms with Crippen molar-refractivity contribution < 1.29 is 0 Å². The number of allylic oxidation sites excluding steroid dienone is 3. The van der Waals surface area contributed by atoms with Gasteiger partial charge in [-0.15, -0.1) is 0 Å². The largest absolute Gasteiger partial charge is 0.311 e. The first-order valence-electron chi connectivity index (χ1n) is 20.7. The molecule has 3 heteroatoms. The number of para-hydroxylation sites is 5. The van der Waals surface area contributed by atoms with E-state index in [4.69, 9.17) is 0 Å². The van der Waals surface area contributed by atoms with Crippen molar-refractivity contribution in [2.45, 2.75) is 26.2 Å². The summed E-state index contributed by atoms with van der Waals surface area (Å²) in [6.07, 6.45) is 8.00. The molecule has 0 spiro atoms. The van der Waals surface area contributed by atoms with Crippen LogP contribution in [0.1, 0.15) is 31.7 Å². The number of nitrogens with zero attached hydrogens (tertiary/aromatic N) is 3. The highest BCUT2D eigenvalue weighted by Gasteiger charge is 2.20. The van der Waals surface area contributed by atoms with Gasteiger partial charge in [-0.25, -0.2) is 0 Å². The number of anilines is 5. The van der Waals surface area contributed by atoms with Gasteiger partial charge < -0.3 is 14.4 Å². The third-order valence-electron chi connectivity index (χ3n) is 11.1. The number of hydrogen-bond acceptors (Lipinski definition) is 2. The Morgan fingerprint density at radius 1 is 0.424 bits per heavy atom. The maximum absolute atomic E-state index is 2.41. The van der Waals surface area contributed by atoms with Gasteiger partial charge in [-0.2, -0.15) is 0 Å². The molecule has 0 aliphatic heterocycles. The van der Waals surface area contributed by atoms with E-state index in [0.29, 0.717) is 5.92 Å². The molecule has 0 bridgehead atoms. The monoisotopic (exact) mass is 761 g/mol. The van der Waals surface area contributed by atoms with Crippen LogP contribution in [0.3, 0.4) is 0 Å². The lowest BCUT2D eigenvalue weighted by molar-refractivity contribution is 0.841. The maximum atomic E-state index is 2.41. The van der Waals surface area contributed by atoms with E-state index in [1.807, 2.05) is 13.8 Å². The Hall–Kier alpha value is -7.36. The fourth-order valence-electron chi connectivity index (χ4n) is 8.33. The Morgan fingerprint density at radius 2 is 0.881 bits per heavy atom. The van der Waals surface area contributed by atoms with Gasteiger partial charge in [0.05, 0.1) is 11.0 Å². The quantitative estimate of drug-likeness (QED) is 0.145. The van der Waals surface area contributed by atoms with Crippen molar-refractivity contribution in [1.82, 2.24) is 4.57 Å². The van der Waals surface area contributed by atoms with E-state index in [0.717, 1.165) is 34.9 Å². The molecular formula is C56H47N3. The minimum Gasteiger partial charge on any atom is -0.311 e. The molecule has 1 aliphatic carbocycles. The highest BCUT2D eigenvalue weighted by atomic mass is 15.1. The first kappa shape index (κ1) is 37.2.